The summed E-state index contributed by atoms with van der Waals surface area (Å²) in [4.78, 5) is 28.1. The van der Waals surface area contributed by atoms with E-state index in [2.05, 4.69) is 4.98 Å². The number of hydrogen-bond donors (Lipinski definition) is 0. The number of carbonyl (C=O) groups excluding carboxylic acids is 2. The maximum absolute atomic E-state index is 12.1. The molecule has 1 heterocycles. The predicted octanol–water partition coefficient (Wildman–Crippen LogP) is 3.27. The summed E-state index contributed by atoms with van der Waals surface area (Å²) in [6.45, 7) is 2.11. The molecule has 0 aliphatic heterocycles. The fraction of sp³-hybridized carbons (Fsp3) is 0.167. The monoisotopic (exact) mass is 325 g/mol. The van der Waals surface area contributed by atoms with E-state index in [4.69, 9.17) is 13.9 Å². The van der Waals surface area contributed by atoms with E-state index in [9.17, 15) is 9.59 Å². The van der Waals surface area contributed by atoms with Gasteiger partial charge in [0.2, 0.25) is 0 Å². The Labute approximate surface area is 138 Å². The zero-order chi connectivity index (χ0) is 16.9. The Morgan fingerprint density at radius 1 is 1.08 bits per heavy atom. The Balaban J connectivity index is 1.61. The molecule has 0 saturated carbocycles. The molecule has 24 heavy (non-hydrogen) atoms. The third kappa shape index (κ3) is 3.43. The number of Topliss-reactive ketones (excluding diaryl/α,β-unsaturated/α-hetero) is 1. The Morgan fingerprint density at radius 3 is 2.58 bits per heavy atom. The van der Waals surface area contributed by atoms with Crippen molar-refractivity contribution in [3.63, 3.8) is 0 Å². The van der Waals surface area contributed by atoms with E-state index in [0.717, 1.165) is 0 Å². The fourth-order valence-electron chi connectivity index (χ4n) is 2.18. The van der Waals surface area contributed by atoms with Crippen molar-refractivity contribution in [3.05, 3.63) is 60.0 Å². The van der Waals surface area contributed by atoms with Crippen molar-refractivity contribution < 1.29 is 23.5 Å². The molecule has 1 aromatic heterocycles. The topological polar surface area (TPSA) is 78.6 Å². The van der Waals surface area contributed by atoms with Gasteiger partial charge in [-0.25, -0.2) is 9.78 Å². The van der Waals surface area contributed by atoms with Crippen molar-refractivity contribution in [1.82, 2.24) is 4.98 Å². The highest BCUT2D eigenvalue weighted by molar-refractivity contribution is 6.00. The van der Waals surface area contributed by atoms with Crippen molar-refractivity contribution in [2.75, 3.05) is 13.2 Å². The number of esters is 1. The molecule has 6 nitrogen and oxygen atoms in total. The summed E-state index contributed by atoms with van der Waals surface area (Å²) in [6.07, 6.45) is 1.30. The van der Waals surface area contributed by atoms with Crippen LogP contribution >= 0.6 is 0 Å². The van der Waals surface area contributed by atoms with Crippen molar-refractivity contribution in [2.24, 2.45) is 0 Å². The second kappa shape index (κ2) is 6.95. The Morgan fingerprint density at radius 2 is 1.83 bits per heavy atom. The lowest BCUT2D eigenvalue weighted by atomic mass is 10.1. The van der Waals surface area contributed by atoms with E-state index < -0.39 is 5.97 Å². The molecule has 0 bridgehead atoms. The van der Waals surface area contributed by atoms with Gasteiger partial charge in [0.15, 0.2) is 24.4 Å². The van der Waals surface area contributed by atoms with E-state index >= 15 is 0 Å². The lowest BCUT2D eigenvalue weighted by Gasteiger charge is -2.06. The summed E-state index contributed by atoms with van der Waals surface area (Å²) < 4.78 is 15.5. The van der Waals surface area contributed by atoms with Gasteiger partial charge in [0, 0.05) is 5.56 Å². The fourth-order valence-corrected chi connectivity index (χ4v) is 2.18. The number of fused-ring (bicyclic) bond motifs is 1. The van der Waals surface area contributed by atoms with E-state index in [-0.39, 0.29) is 12.4 Å². The Hall–Kier alpha value is -3.15. The van der Waals surface area contributed by atoms with E-state index in [0.29, 0.717) is 34.6 Å². The Kier molecular flexibility index (Phi) is 4.56. The van der Waals surface area contributed by atoms with Crippen LogP contribution in [0.1, 0.15) is 27.6 Å². The predicted molar refractivity (Wildman–Crippen MR) is 86.2 cm³/mol. The van der Waals surface area contributed by atoms with Gasteiger partial charge < -0.3 is 13.9 Å². The van der Waals surface area contributed by atoms with E-state index in [1.807, 2.05) is 6.92 Å². The molecule has 0 aliphatic carbocycles. The molecule has 2 aromatic carbocycles. The van der Waals surface area contributed by atoms with Crippen molar-refractivity contribution in [3.8, 4) is 5.75 Å². The van der Waals surface area contributed by atoms with Gasteiger partial charge in [-0.15, -0.1) is 0 Å². The smallest absolute Gasteiger partial charge is 0.338 e. The third-order valence-electron chi connectivity index (χ3n) is 3.39. The number of hydrogen-bond acceptors (Lipinski definition) is 6. The van der Waals surface area contributed by atoms with Crippen LogP contribution in [-0.4, -0.2) is 30.0 Å². The summed E-state index contributed by atoms with van der Waals surface area (Å²) in [5, 5.41) is 0. The molecule has 3 rings (SSSR count). The Bertz CT molecular complexity index is 867. The molecular weight excluding hydrogens is 310 g/mol. The highest BCUT2D eigenvalue weighted by atomic mass is 16.5. The van der Waals surface area contributed by atoms with Crippen LogP contribution < -0.4 is 4.74 Å². The number of ether oxygens (including phenoxy) is 2. The number of carbonyl (C=O) groups is 2. The first-order valence-electron chi connectivity index (χ1n) is 7.44. The second-order valence-electron chi connectivity index (χ2n) is 4.99. The van der Waals surface area contributed by atoms with Crippen LogP contribution in [0.3, 0.4) is 0 Å². The quantitative estimate of drug-likeness (QED) is 0.511. The second-order valence-corrected chi connectivity index (χ2v) is 4.99. The molecule has 0 aliphatic rings. The first-order chi connectivity index (χ1) is 11.7. The summed E-state index contributed by atoms with van der Waals surface area (Å²) in [7, 11) is 0. The maximum Gasteiger partial charge on any atom is 0.338 e. The number of oxazole rings is 1. The molecular formula is C18H15NO5. The average Bonchev–Trinajstić information content (AvgIpc) is 3.08. The van der Waals surface area contributed by atoms with E-state index in [1.165, 1.54) is 12.5 Å². The van der Waals surface area contributed by atoms with Gasteiger partial charge in [0.25, 0.3) is 0 Å². The molecule has 6 heteroatoms. The molecule has 0 spiro atoms. The summed E-state index contributed by atoms with van der Waals surface area (Å²) >= 11 is 0. The van der Waals surface area contributed by atoms with Crippen LogP contribution in [0.4, 0.5) is 0 Å². The standard InChI is InChI=1S/C18H15NO5/c1-2-22-14-6-3-12(4-7-14)16(20)10-23-18(21)13-5-8-15-17(9-13)24-11-19-15/h3-9,11H,2,10H2,1H3. The molecule has 122 valence electrons. The maximum atomic E-state index is 12.1. The molecule has 0 fully saturated rings. The normalized spacial score (nSPS) is 10.5. The van der Waals surface area contributed by atoms with Gasteiger partial charge in [-0.2, -0.15) is 0 Å². The minimum absolute atomic E-state index is 0.285. The van der Waals surface area contributed by atoms with Crippen LogP contribution in [0.2, 0.25) is 0 Å². The average molecular weight is 325 g/mol. The van der Waals surface area contributed by atoms with E-state index in [1.54, 1.807) is 36.4 Å². The molecule has 0 unspecified atom stereocenters. The zero-order valence-corrected chi connectivity index (χ0v) is 13.0. The van der Waals surface area contributed by atoms with Gasteiger partial charge in [0.05, 0.1) is 12.2 Å². The zero-order valence-electron chi connectivity index (χ0n) is 13.0. The van der Waals surface area contributed by atoms with Crippen LogP contribution in [0.5, 0.6) is 5.75 Å². The highest BCUT2D eigenvalue weighted by Gasteiger charge is 2.13. The van der Waals surface area contributed by atoms with Crippen LogP contribution in [0.15, 0.2) is 53.3 Å². The van der Waals surface area contributed by atoms with Gasteiger partial charge in [0.1, 0.15) is 11.3 Å². The minimum Gasteiger partial charge on any atom is -0.494 e. The largest absolute Gasteiger partial charge is 0.494 e. The molecule has 0 radical (unpaired) electrons. The number of benzene rings is 2. The molecule has 0 saturated heterocycles. The first kappa shape index (κ1) is 15.7. The summed E-state index contributed by atoms with van der Waals surface area (Å²) in [5.74, 6) is -0.189. The van der Waals surface area contributed by atoms with Crippen molar-refractivity contribution >= 4 is 22.9 Å². The molecule has 3 aromatic rings. The highest BCUT2D eigenvalue weighted by Crippen LogP contribution is 2.16. The van der Waals surface area contributed by atoms with Crippen LogP contribution in [-0.2, 0) is 4.74 Å². The summed E-state index contributed by atoms with van der Waals surface area (Å²) in [5.41, 5.74) is 1.90. The van der Waals surface area contributed by atoms with Gasteiger partial charge >= 0.3 is 5.97 Å². The number of ketones is 1. The van der Waals surface area contributed by atoms with Gasteiger partial charge in [-0.3, -0.25) is 4.79 Å². The van der Waals surface area contributed by atoms with Gasteiger partial charge in [-0.1, -0.05) is 0 Å². The number of rotatable bonds is 6. The summed E-state index contributed by atoms with van der Waals surface area (Å²) in [6, 6.07) is 11.5. The molecule has 0 amide bonds. The van der Waals surface area contributed by atoms with Gasteiger partial charge in [-0.05, 0) is 49.4 Å². The number of aromatic nitrogens is 1. The lowest BCUT2D eigenvalue weighted by Crippen LogP contribution is -2.14. The van der Waals surface area contributed by atoms with Crippen LogP contribution in [0.25, 0.3) is 11.1 Å². The minimum atomic E-state index is -0.590. The van der Waals surface area contributed by atoms with Crippen LogP contribution in [0, 0.1) is 0 Å². The SMILES string of the molecule is CCOc1ccc(C(=O)COC(=O)c2ccc3ncoc3c2)cc1. The molecule has 0 N–H and O–H groups in total. The third-order valence-corrected chi connectivity index (χ3v) is 3.39. The lowest BCUT2D eigenvalue weighted by molar-refractivity contribution is 0.0475. The van der Waals surface area contributed by atoms with Crippen molar-refractivity contribution in [2.45, 2.75) is 6.92 Å². The number of nitrogens with zero attached hydrogens (tertiary/aromatic N) is 1. The first-order valence-corrected chi connectivity index (χ1v) is 7.44. The van der Waals surface area contributed by atoms with Crippen molar-refractivity contribution in [1.29, 1.82) is 0 Å². The molecule has 0 atom stereocenters.